The summed E-state index contributed by atoms with van der Waals surface area (Å²) < 4.78 is 8.74. The van der Waals surface area contributed by atoms with Gasteiger partial charge in [-0.25, -0.2) is 0 Å². The van der Waals surface area contributed by atoms with Crippen molar-refractivity contribution >= 4 is 22.5 Å². The van der Waals surface area contributed by atoms with Crippen LogP contribution in [0.4, 0.5) is 5.69 Å². The average Bonchev–Trinajstić information content (AvgIpc) is 3.66. The molecule has 2 saturated heterocycles. The number of rotatable bonds is 2. The maximum Gasteiger partial charge on any atom is 0.287 e. The smallest absolute Gasteiger partial charge is 0.287 e. The molecule has 4 aromatic rings. The van der Waals surface area contributed by atoms with E-state index in [0.717, 1.165) is 39.7 Å². The molecule has 1 spiro atoms. The van der Waals surface area contributed by atoms with Gasteiger partial charge in [-0.05, 0) is 31.0 Å². The fourth-order valence-electron chi connectivity index (χ4n) is 8.26. The minimum absolute atomic E-state index is 0.105. The number of fused-ring (bicyclic) bond motifs is 10. The molecule has 3 aromatic carbocycles. The van der Waals surface area contributed by atoms with Gasteiger partial charge in [0.25, 0.3) is 11.4 Å². The van der Waals surface area contributed by atoms with Crippen molar-refractivity contribution in [1.82, 2.24) is 9.47 Å². The van der Waals surface area contributed by atoms with E-state index < -0.39 is 29.1 Å². The number of anilines is 1. The van der Waals surface area contributed by atoms with Crippen molar-refractivity contribution < 1.29 is 14.5 Å². The van der Waals surface area contributed by atoms with Crippen molar-refractivity contribution in [2.75, 3.05) is 11.9 Å². The molecule has 8 rings (SSSR count). The summed E-state index contributed by atoms with van der Waals surface area (Å²) in [5.74, 6) is -0.328. The highest BCUT2D eigenvalue weighted by molar-refractivity contribution is 6.07. The monoisotopic (exact) mass is 506 g/mol. The molecule has 38 heavy (non-hydrogen) atoms. The summed E-state index contributed by atoms with van der Waals surface area (Å²) in [4.78, 5) is 30.1. The first kappa shape index (κ1) is 21.9. The van der Waals surface area contributed by atoms with Crippen molar-refractivity contribution in [1.29, 1.82) is 0 Å². The Hall–Kier alpha value is -4.17. The van der Waals surface area contributed by atoms with Crippen LogP contribution in [0.5, 0.6) is 5.75 Å². The van der Waals surface area contributed by atoms with Gasteiger partial charge in [-0.15, -0.1) is 0 Å². The molecule has 1 amide bonds. The zero-order valence-corrected chi connectivity index (χ0v) is 20.8. The van der Waals surface area contributed by atoms with Crippen molar-refractivity contribution in [3.05, 3.63) is 106 Å². The highest BCUT2D eigenvalue weighted by atomic mass is 16.6. The second kappa shape index (κ2) is 7.23. The molecule has 4 aliphatic heterocycles. The molecule has 0 radical (unpaired) electrons. The molecule has 190 valence electrons. The molecule has 2 fully saturated rings. The van der Waals surface area contributed by atoms with E-state index in [-0.39, 0.29) is 10.8 Å². The zero-order chi connectivity index (χ0) is 25.8. The van der Waals surface area contributed by atoms with Gasteiger partial charge in [0.05, 0.1) is 12.0 Å². The Kier molecular flexibility index (Phi) is 4.16. The van der Waals surface area contributed by atoms with E-state index in [9.17, 15) is 14.9 Å². The average molecular weight is 507 g/mol. The third-order valence-corrected chi connectivity index (χ3v) is 9.47. The number of ether oxygens (including phenoxy) is 1. The Morgan fingerprint density at radius 1 is 1.03 bits per heavy atom. The Bertz CT molecular complexity index is 1680. The molecule has 1 N–H and O–H groups in total. The van der Waals surface area contributed by atoms with Crippen molar-refractivity contribution in [2.24, 2.45) is 7.05 Å². The summed E-state index contributed by atoms with van der Waals surface area (Å²) in [5.41, 5.74) is 1.26. The molecular weight excluding hydrogens is 480 g/mol. The maximum atomic E-state index is 14.3. The molecule has 4 aliphatic rings. The van der Waals surface area contributed by atoms with E-state index in [1.165, 1.54) is 0 Å². The lowest BCUT2D eigenvalue weighted by Gasteiger charge is -2.44. The minimum atomic E-state index is -1.58. The van der Waals surface area contributed by atoms with E-state index in [0.29, 0.717) is 18.7 Å². The SMILES string of the molecule is Cn1cc([C@H]2Oc3ccccc3[C@H]3[C@]2([N+](=O)[O-])C2CCCN2[C@@]32C(=O)Nc3ccccc32)c2ccccc21. The molecule has 0 bridgehead atoms. The van der Waals surface area contributed by atoms with Gasteiger partial charge in [0, 0.05) is 58.0 Å². The second-order valence-corrected chi connectivity index (χ2v) is 10.9. The van der Waals surface area contributed by atoms with Crippen LogP contribution in [0.3, 0.4) is 0 Å². The largest absolute Gasteiger partial charge is 0.478 e. The number of nitro groups is 1. The molecular formula is C30H26N4O4. The van der Waals surface area contributed by atoms with Gasteiger partial charge in [0.2, 0.25) is 0 Å². The Morgan fingerprint density at radius 2 is 1.79 bits per heavy atom. The quantitative estimate of drug-likeness (QED) is 0.313. The summed E-state index contributed by atoms with van der Waals surface area (Å²) in [6, 6.07) is 22.7. The lowest BCUT2D eigenvalue weighted by molar-refractivity contribution is -0.591. The second-order valence-electron chi connectivity index (χ2n) is 10.9. The first-order chi connectivity index (χ1) is 18.5. The van der Waals surface area contributed by atoms with Gasteiger partial charge < -0.3 is 14.6 Å². The highest BCUT2D eigenvalue weighted by Gasteiger charge is 2.83. The molecule has 1 unspecified atom stereocenters. The van der Waals surface area contributed by atoms with Gasteiger partial charge >= 0.3 is 0 Å². The Labute approximate surface area is 219 Å². The lowest BCUT2D eigenvalue weighted by Crippen LogP contribution is -2.59. The summed E-state index contributed by atoms with van der Waals surface area (Å²) in [6.07, 6.45) is 2.50. The summed E-state index contributed by atoms with van der Waals surface area (Å²) in [7, 11) is 1.96. The highest BCUT2D eigenvalue weighted by Crippen LogP contribution is 2.69. The van der Waals surface area contributed by atoms with E-state index in [4.69, 9.17) is 4.74 Å². The van der Waals surface area contributed by atoms with E-state index in [1.807, 2.05) is 90.6 Å². The van der Waals surface area contributed by atoms with E-state index in [2.05, 4.69) is 10.2 Å². The summed E-state index contributed by atoms with van der Waals surface area (Å²) >= 11 is 0. The Morgan fingerprint density at radius 3 is 2.66 bits per heavy atom. The number of hydrogen-bond donors (Lipinski definition) is 1. The molecule has 0 saturated carbocycles. The van der Waals surface area contributed by atoms with Gasteiger partial charge in [-0.1, -0.05) is 54.6 Å². The Balaban J connectivity index is 1.51. The van der Waals surface area contributed by atoms with Gasteiger partial charge in [-0.2, -0.15) is 0 Å². The standard InChI is InChI=1S/C30H26N4O4/c1-32-17-20(18-9-2-6-13-23(18)32)27-30(34(36)37)25-15-8-16-33(25)29(21-11-4-5-12-22(21)31-28(29)35)26(30)19-10-3-7-14-24(19)38-27/h2-7,9-14,17,25-27H,8,15-16H2,1H3,(H,31,35)/t25?,26-,27-,29-,30-/m1/s1. The number of carbonyl (C=O) groups is 1. The summed E-state index contributed by atoms with van der Waals surface area (Å²) in [5, 5.41) is 17.8. The summed E-state index contributed by atoms with van der Waals surface area (Å²) in [6.45, 7) is 0.614. The number of aromatic nitrogens is 1. The van der Waals surface area contributed by atoms with Crippen LogP contribution in [-0.4, -0.2) is 38.4 Å². The van der Waals surface area contributed by atoms with Crippen LogP contribution in [0.2, 0.25) is 0 Å². The fourth-order valence-corrected chi connectivity index (χ4v) is 8.26. The molecule has 0 aliphatic carbocycles. The number of benzene rings is 3. The van der Waals surface area contributed by atoms with Crippen LogP contribution in [-0.2, 0) is 17.4 Å². The minimum Gasteiger partial charge on any atom is -0.478 e. The number of para-hydroxylation sites is 3. The predicted octanol–water partition coefficient (Wildman–Crippen LogP) is 4.74. The van der Waals surface area contributed by atoms with Gasteiger partial charge in [0.15, 0.2) is 6.10 Å². The molecule has 5 heterocycles. The van der Waals surface area contributed by atoms with Crippen molar-refractivity contribution in [3.8, 4) is 5.75 Å². The van der Waals surface area contributed by atoms with Crippen LogP contribution in [0.1, 0.15) is 41.6 Å². The van der Waals surface area contributed by atoms with Gasteiger partial charge in [0.1, 0.15) is 11.3 Å². The van der Waals surface area contributed by atoms with Crippen molar-refractivity contribution in [3.63, 3.8) is 0 Å². The molecule has 8 nitrogen and oxygen atoms in total. The molecule has 1 aromatic heterocycles. The van der Waals surface area contributed by atoms with Crippen LogP contribution in [0, 0.1) is 10.1 Å². The van der Waals surface area contributed by atoms with Crippen LogP contribution < -0.4 is 10.1 Å². The number of nitrogens with zero attached hydrogens (tertiary/aromatic N) is 3. The van der Waals surface area contributed by atoms with Crippen LogP contribution in [0.15, 0.2) is 79.0 Å². The fraction of sp³-hybridized carbons (Fsp3) is 0.300. The first-order valence-corrected chi connectivity index (χ1v) is 13.1. The number of carbonyl (C=O) groups excluding carboxylic acids is 1. The number of amides is 1. The molecule has 8 heteroatoms. The number of nitrogens with one attached hydrogen (secondary N) is 1. The topological polar surface area (TPSA) is 89.6 Å². The third-order valence-electron chi connectivity index (χ3n) is 9.47. The number of aryl methyl sites for hydroxylation is 1. The van der Waals surface area contributed by atoms with Gasteiger partial charge in [-0.3, -0.25) is 19.8 Å². The third kappa shape index (κ3) is 2.29. The van der Waals surface area contributed by atoms with Crippen molar-refractivity contribution in [2.45, 2.75) is 42.0 Å². The normalized spacial score (nSPS) is 31.0. The number of hydrogen-bond acceptors (Lipinski definition) is 5. The molecule has 5 atom stereocenters. The van der Waals surface area contributed by atoms with E-state index >= 15 is 0 Å². The van der Waals surface area contributed by atoms with Crippen LogP contribution in [0.25, 0.3) is 10.9 Å². The van der Waals surface area contributed by atoms with Crippen LogP contribution >= 0.6 is 0 Å². The first-order valence-electron chi connectivity index (χ1n) is 13.1. The van der Waals surface area contributed by atoms with E-state index in [1.54, 1.807) is 0 Å². The zero-order valence-electron chi connectivity index (χ0n) is 20.8. The predicted molar refractivity (Wildman–Crippen MR) is 142 cm³/mol. The lowest BCUT2D eigenvalue weighted by atomic mass is 9.62. The maximum absolute atomic E-state index is 14.3.